The lowest BCUT2D eigenvalue weighted by molar-refractivity contribution is 0.416. The van der Waals surface area contributed by atoms with Gasteiger partial charge >= 0.3 is 0 Å². The number of hydrogen-bond donors (Lipinski definition) is 1. The highest BCUT2D eigenvalue weighted by molar-refractivity contribution is 6.30. The summed E-state index contributed by atoms with van der Waals surface area (Å²) in [6.45, 7) is 2.05. The zero-order valence-electron chi connectivity index (χ0n) is 9.74. The number of furan rings is 1. The minimum absolute atomic E-state index is 0.126. The number of hydrogen-bond acceptors (Lipinski definition) is 3. The van der Waals surface area contributed by atoms with Crippen molar-refractivity contribution >= 4 is 17.3 Å². The van der Waals surface area contributed by atoms with Gasteiger partial charge in [0.2, 0.25) is 0 Å². The van der Waals surface area contributed by atoms with Crippen LogP contribution in [0.25, 0.3) is 0 Å². The van der Waals surface area contributed by atoms with Gasteiger partial charge in [-0.2, -0.15) is 0 Å². The third-order valence-electron chi connectivity index (χ3n) is 2.58. The maximum atomic E-state index is 5.97. The molecule has 1 unspecified atom stereocenters. The van der Waals surface area contributed by atoms with E-state index in [9.17, 15) is 0 Å². The molecule has 1 N–H and O–H groups in total. The molecule has 0 bridgehead atoms. The van der Waals surface area contributed by atoms with E-state index in [1.54, 1.807) is 25.7 Å². The highest BCUT2D eigenvalue weighted by Gasteiger charge is 2.10. The van der Waals surface area contributed by atoms with Crippen molar-refractivity contribution in [1.29, 1.82) is 0 Å². The lowest BCUT2D eigenvalue weighted by Crippen LogP contribution is -2.06. The highest BCUT2D eigenvalue weighted by Crippen LogP contribution is 2.30. The van der Waals surface area contributed by atoms with Gasteiger partial charge in [0.25, 0.3) is 0 Å². The van der Waals surface area contributed by atoms with Crippen LogP contribution in [0.3, 0.4) is 0 Å². The molecule has 1 atom stereocenters. The maximum absolute atomic E-state index is 5.97. The Bertz CT molecular complexity index is 482. The standard InChI is InChI=1S/C13H14ClNO2/c1-9(10-5-6-17-8-10)15-12-7-11(14)3-4-13(12)16-2/h3-9,15H,1-2H3. The first-order valence-corrected chi connectivity index (χ1v) is 5.70. The first-order chi connectivity index (χ1) is 8.20. The van der Waals surface area contributed by atoms with Crippen molar-refractivity contribution in [2.75, 3.05) is 12.4 Å². The summed E-state index contributed by atoms with van der Waals surface area (Å²) in [5.41, 5.74) is 1.95. The Morgan fingerprint density at radius 3 is 2.82 bits per heavy atom. The van der Waals surface area contributed by atoms with E-state index in [1.807, 2.05) is 25.1 Å². The van der Waals surface area contributed by atoms with Crippen LogP contribution in [0.15, 0.2) is 41.2 Å². The van der Waals surface area contributed by atoms with Crippen LogP contribution in [0.5, 0.6) is 5.75 Å². The molecule has 1 heterocycles. The summed E-state index contributed by atoms with van der Waals surface area (Å²) in [6, 6.07) is 7.54. The SMILES string of the molecule is COc1ccc(Cl)cc1NC(C)c1ccoc1. The molecule has 1 aromatic heterocycles. The second-order valence-corrected chi connectivity index (χ2v) is 4.20. The molecular weight excluding hydrogens is 238 g/mol. The third kappa shape index (κ3) is 2.74. The van der Waals surface area contributed by atoms with Gasteiger partial charge in [-0.1, -0.05) is 11.6 Å². The van der Waals surface area contributed by atoms with Gasteiger partial charge in [0.05, 0.1) is 31.4 Å². The largest absolute Gasteiger partial charge is 0.495 e. The Labute approximate surface area is 105 Å². The Hall–Kier alpha value is -1.61. The maximum Gasteiger partial charge on any atom is 0.142 e. The molecule has 4 heteroatoms. The van der Waals surface area contributed by atoms with E-state index in [0.29, 0.717) is 5.02 Å². The van der Waals surface area contributed by atoms with E-state index >= 15 is 0 Å². The number of benzene rings is 1. The minimum Gasteiger partial charge on any atom is -0.495 e. The summed E-state index contributed by atoms with van der Waals surface area (Å²) in [6.07, 6.45) is 3.37. The van der Waals surface area contributed by atoms with Crippen molar-refractivity contribution in [2.45, 2.75) is 13.0 Å². The van der Waals surface area contributed by atoms with Crippen LogP contribution in [0.2, 0.25) is 5.02 Å². The van der Waals surface area contributed by atoms with E-state index in [4.69, 9.17) is 20.8 Å². The van der Waals surface area contributed by atoms with Gasteiger partial charge in [-0.25, -0.2) is 0 Å². The first kappa shape index (κ1) is 11.9. The highest BCUT2D eigenvalue weighted by atomic mass is 35.5. The molecule has 0 saturated carbocycles. The summed E-state index contributed by atoms with van der Waals surface area (Å²) < 4.78 is 10.3. The lowest BCUT2D eigenvalue weighted by Gasteiger charge is -2.16. The van der Waals surface area contributed by atoms with Gasteiger partial charge in [0.1, 0.15) is 5.75 Å². The fraction of sp³-hybridized carbons (Fsp3) is 0.231. The predicted molar refractivity (Wildman–Crippen MR) is 68.7 cm³/mol. The van der Waals surface area contributed by atoms with Gasteiger partial charge in [0.15, 0.2) is 0 Å². The normalized spacial score (nSPS) is 12.2. The summed E-state index contributed by atoms with van der Waals surface area (Å²) in [7, 11) is 1.64. The number of anilines is 1. The number of rotatable bonds is 4. The molecule has 0 saturated heterocycles. The molecule has 1 aromatic carbocycles. The van der Waals surface area contributed by atoms with E-state index in [-0.39, 0.29) is 6.04 Å². The molecule has 2 aromatic rings. The Kier molecular flexibility index (Phi) is 3.59. The summed E-state index contributed by atoms with van der Waals surface area (Å²) in [5.74, 6) is 0.768. The molecular formula is C13H14ClNO2. The van der Waals surface area contributed by atoms with Crippen LogP contribution in [0, 0.1) is 0 Å². The van der Waals surface area contributed by atoms with Crippen molar-refractivity contribution in [1.82, 2.24) is 0 Å². The van der Waals surface area contributed by atoms with Crippen molar-refractivity contribution in [3.05, 3.63) is 47.4 Å². The fourth-order valence-corrected chi connectivity index (χ4v) is 1.80. The molecule has 0 fully saturated rings. The average Bonchev–Trinajstić information content (AvgIpc) is 2.83. The van der Waals surface area contributed by atoms with Gasteiger partial charge < -0.3 is 14.5 Å². The van der Waals surface area contributed by atoms with E-state index in [1.165, 1.54) is 0 Å². The average molecular weight is 252 g/mol. The molecule has 0 aliphatic rings. The molecule has 0 radical (unpaired) electrons. The van der Waals surface area contributed by atoms with Crippen LogP contribution in [-0.2, 0) is 0 Å². The number of halogens is 1. The van der Waals surface area contributed by atoms with Gasteiger partial charge in [-0.15, -0.1) is 0 Å². The fourth-order valence-electron chi connectivity index (χ4n) is 1.63. The van der Waals surface area contributed by atoms with Crippen molar-refractivity contribution < 1.29 is 9.15 Å². The van der Waals surface area contributed by atoms with E-state index < -0.39 is 0 Å². The van der Waals surface area contributed by atoms with Crippen molar-refractivity contribution in [3.63, 3.8) is 0 Å². The summed E-state index contributed by atoms with van der Waals surface area (Å²) in [4.78, 5) is 0. The zero-order valence-corrected chi connectivity index (χ0v) is 10.5. The van der Waals surface area contributed by atoms with Crippen molar-refractivity contribution in [3.8, 4) is 5.75 Å². The quantitative estimate of drug-likeness (QED) is 0.888. The smallest absolute Gasteiger partial charge is 0.142 e. The van der Waals surface area contributed by atoms with Crippen LogP contribution in [0.1, 0.15) is 18.5 Å². The van der Waals surface area contributed by atoms with Crippen LogP contribution >= 0.6 is 11.6 Å². The lowest BCUT2D eigenvalue weighted by atomic mass is 10.1. The molecule has 0 amide bonds. The monoisotopic (exact) mass is 251 g/mol. The van der Waals surface area contributed by atoms with Crippen LogP contribution in [0.4, 0.5) is 5.69 Å². The molecule has 0 aliphatic carbocycles. The van der Waals surface area contributed by atoms with Crippen LogP contribution < -0.4 is 10.1 Å². The second-order valence-electron chi connectivity index (χ2n) is 3.77. The van der Waals surface area contributed by atoms with Crippen LogP contribution in [-0.4, -0.2) is 7.11 Å². The summed E-state index contributed by atoms with van der Waals surface area (Å²) in [5, 5.41) is 4.01. The first-order valence-electron chi connectivity index (χ1n) is 5.33. The van der Waals surface area contributed by atoms with E-state index in [0.717, 1.165) is 17.0 Å². The summed E-state index contributed by atoms with van der Waals surface area (Å²) >= 11 is 5.97. The third-order valence-corrected chi connectivity index (χ3v) is 2.81. The van der Waals surface area contributed by atoms with Gasteiger partial charge in [-0.3, -0.25) is 0 Å². The molecule has 0 aliphatic heterocycles. The Morgan fingerprint density at radius 2 is 2.18 bits per heavy atom. The molecule has 17 heavy (non-hydrogen) atoms. The molecule has 2 rings (SSSR count). The number of nitrogens with one attached hydrogen (secondary N) is 1. The topological polar surface area (TPSA) is 34.4 Å². The number of methoxy groups -OCH3 is 1. The molecule has 90 valence electrons. The van der Waals surface area contributed by atoms with Gasteiger partial charge in [0, 0.05) is 10.6 Å². The molecule has 0 spiro atoms. The molecule has 3 nitrogen and oxygen atoms in total. The second kappa shape index (κ2) is 5.15. The van der Waals surface area contributed by atoms with Gasteiger partial charge in [-0.05, 0) is 31.2 Å². The van der Waals surface area contributed by atoms with E-state index in [2.05, 4.69) is 5.32 Å². The Morgan fingerprint density at radius 1 is 1.35 bits per heavy atom. The minimum atomic E-state index is 0.126. The van der Waals surface area contributed by atoms with Crippen molar-refractivity contribution in [2.24, 2.45) is 0 Å². The number of ether oxygens (including phenoxy) is 1. The zero-order chi connectivity index (χ0) is 12.3. The Balaban J connectivity index is 2.20. The predicted octanol–water partition coefficient (Wildman–Crippen LogP) is 4.11.